The molecule has 0 atom stereocenters. The number of benzene rings is 1. The highest BCUT2D eigenvalue weighted by molar-refractivity contribution is 7.97. The third-order valence-corrected chi connectivity index (χ3v) is 4.89. The summed E-state index contributed by atoms with van der Waals surface area (Å²) in [6.07, 6.45) is 2.87. The first-order chi connectivity index (χ1) is 13.5. The smallest absolute Gasteiger partial charge is 0.191 e. The van der Waals surface area contributed by atoms with Crippen molar-refractivity contribution >= 4 is 17.7 Å². The molecule has 2 aromatic rings. The Bertz CT molecular complexity index is 780. The number of guanidine groups is 1. The number of thioether (sulfide) groups is 1. The van der Waals surface area contributed by atoms with Crippen LogP contribution in [0.5, 0.6) is 0 Å². The molecule has 0 fully saturated rings. The molecule has 0 bridgehead atoms. The fraction of sp³-hybridized carbons (Fsp3) is 0.526. The quantitative estimate of drug-likeness (QED) is 0.357. The monoisotopic (exact) mass is 408 g/mol. The van der Waals surface area contributed by atoms with Crippen molar-refractivity contribution in [3.05, 3.63) is 46.8 Å². The van der Waals surface area contributed by atoms with Gasteiger partial charge in [0, 0.05) is 33.1 Å². The van der Waals surface area contributed by atoms with E-state index in [4.69, 9.17) is 4.74 Å². The summed E-state index contributed by atoms with van der Waals surface area (Å²) in [5.41, 5.74) is 1.99. The van der Waals surface area contributed by atoms with Gasteiger partial charge in [0.1, 0.15) is 11.6 Å². The highest BCUT2D eigenvalue weighted by atomic mass is 32.2. The second-order valence-electron chi connectivity index (χ2n) is 6.36. The van der Waals surface area contributed by atoms with Gasteiger partial charge in [0.25, 0.3) is 0 Å². The predicted octanol–water partition coefficient (Wildman–Crippen LogP) is 2.40. The highest BCUT2D eigenvalue weighted by Gasteiger charge is 2.08. The summed E-state index contributed by atoms with van der Waals surface area (Å²) in [5.74, 6) is 2.90. The minimum atomic E-state index is -0.217. The minimum Gasteiger partial charge on any atom is -0.385 e. The van der Waals surface area contributed by atoms with E-state index in [0.717, 1.165) is 41.5 Å². The lowest BCUT2D eigenvalue weighted by molar-refractivity contribution is 0.195. The maximum atomic E-state index is 13.6. The third kappa shape index (κ3) is 6.79. The largest absolute Gasteiger partial charge is 0.385 e. The van der Waals surface area contributed by atoms with Gasteiger partial charge < -0.3 is 19.9 Å². The van der Waals surface area contributed by atoms with E-state index in [-0.39, 0.29) is 5.82 Å². The summed E-state index contributed by atoms with van der Waals surface area (Å²) in [4.78, 5) is 4.68. The van der Waals surface area contributed by atoms with Crippen molar-refractivity contribution in [2.75, 3.05) is 26.5 Å². The van der Waals surface area contributed by atoms with Crippen LogP contribution >= 0.6 is 11.8 Å². The van der Waals surface area contributed by atoms with Gasteiger partial charge in [-0.25, -0.2) is 9.38 Å². The van der Waals surface area contributed by atoms with Crippen LogP contribution in [0.2, 0.25) is 0 Å². The number of aliphatic imine (C=N–C) groups is 1. The van der Waals surface area contributed by atoms with Crippen molar-refractivity contribution < 1.29 is 9.13 Å². The number of nitrogens with zero attached hydrogens (tertiary/aromatic N) is 4. The molecule has 0 saturated heterocycles. The third-order valence-electron chi connectivity index (χ3n) is 4.29. The van der Waals surface area contributed by atoms with Gasteiger partial charge in [-0.15, -0.1) is 10.2 Å². The van der Waals surface area contributed by atoms with E-state index in [0.29, 0.717) is 25.7 Å². The Kier molecular flexibility index (Phi) is 9.22. The van der Waals surface area contributed by atoms with Crippen LogP contribution in [0.25, 0.3) is 0 Å². The van der Waals surface area contributed by atoms with E-state index in [1.54, 1.807) is 31.0 Å². The Balaban J connectivity index is 2.07. The lowest BCUT2D eigenvalue weighted by atomic mass is 10.1. The van der Waals surface area contributed by atoms with Crippen molar-refractivity contribution in [2.45, 2.75) is 32.2 Å². The van der Waals surface area contributed by atoms with E-state index >= 15 is 0 Å². The molecule has 28 heavy (non-hydrogen) atoms. The van der Waals surface area contributed by atoms with Gasteiger partial charge in [-0.3, -0.25) is 0 Å². The molecule has 2 rings (SSSR count). The maximum Gasteiger partial charge on any atom is 0.191 e. The zero-order valence-corrected chi connectivity index (χ0v) is 17.8. The topological polar surface area (TPSA) is 76.4 Å². The molecule has 154 valence electrons. The molecule has 0 aliphatic rings. The standard InChI is InChI=1S/C19H29FN6OS/c1-14-24-25-18(26(14)2)12-23-19(21-8-5-9-27-3)22-11-15-6-7-17(20)10-16(15)13-28-4/h6-7,10H,5,8-9,11-13H2,1-4H3,(H2,21,22,23). The van der Waals surface area contributed by atoms with Gasteiger partial charge in [-0.1, -0.05) is 6.07 Å². The molecule has 1 heterocycles. The zero-order valence-electron chi connectivity index (χ0n) is 17.0. The molecular weight excluding hydrogens is 379 g/mol. The Morgan fingerprint density at radius 1 is 1.29 bits per heavy atom. The summed E-state index contributed by atoms with van der Waals surface area (Å²) in [7, 11) is 3.62. The lowest BCUT2D eigenvalue weighted by Crippen LogP contribution is -2.38. The van der Waals surface area contributed by atoms with Crippen LogP contribution < -0.4 is 10.6 Å². The molecule has 0 radical (unpaired) electrons. The number of ether oxygens (including phenoxy) is 1. The molecule has 9 heteroatoms. The van der Waals surface area contributed by atoms with Gasteiger partial charge in [0.15, 0.2) is 11.8 Å². The molecule has 7 nitrogen and oxygen atoms in total. The molecule has 0 unspecified atom stereocenters. The minimum absolute atomic E-state index is 0.217. The number of rotatable bonds is 10. The van der Waals surface area contributed by atoms with Crippen LogP contribution in [0.3, 0.4) is 0 Å². The van der Waals surface area contributed by atoms with Gasteiger partial charge in [-0.2, -0.15) is 11.8 Å². The average molecular weight is 409 g/mol. The molecule has 2 N–H and O–H groups in total. The van der Waals surface area contributed by atoms with Crippen LogP contribution in [-0.4, -0.2) is 47.2 Å². The molecule has 0 spiro atoms. The van der Waals surface area contributed by atoms with Crippen LogP contribution in [-0.2, 0) is 30.6 Å². The number of aryl methyl sites for hydroxylation is 1. The Morgan fingerprint density at radius 2 is 2.11 bits per heavy atom. The van der Waals surface area contributed by atoms with Crippen molar-refractivity contribution in [3.63, 3.8) is 0 Å². The van der Waals surface area contributed by atoms with Crippen LogP contribution in [0.4, 0.5) is 4.39 Å². The fourth-order valence-corrected chi connectivity index (χ4v) is 3.15. The first-order valence-corrected chi connectivity index (χ1v) is 10.6. The van der Waals surface area contributed by atoms with E-state index in [2.05, 4.69) is 25.8 Å². The number of halogens is 1. The van der Waals surface area contributed by atoms with Crippen molar-refractivity contribution in [3.8, 4) is 0 Å². The van der Waals surface area contributed by atoms with Crippen LogP contribution in [0.1, 0.15) is 29.2 Å². The summed E-state index contributed by atoms with van der Waals surface area (Å²) >= 11 is 1.66. The van der Waals surface area contributed by atoms with Crippen molar-refractivity contribution in [2.24, 2.45) is 12.0 Å². The normalized spacial score (nSPS) is 11.7. The molecule has 1 aromatic carbocycles. The average Bonchev–Trinajstić information content (AvgIpc) is 3.00. The van der Waals surface area contributed by atoms with Crippen LogP contribution in [0, 0.1) is 12.7 Å². The lowest BCUT2D eigenvalue weighted by Gasteiger charge is -2.13. The van der Waals surface area contributed by atoms with Gasteiger partial charge in [0.05, 0.1) is 13.1 Å². The second-order valence-corrected chi connectivity index (χ2v) is 7.23. The fourth-order valence-electron chi connectivity index (χ4n) is 2.57. The first kappa shape index (κ1) is 22.2. The summed E-state index contributed by atoms with van der Waals surface area (Å²) in [6.45, 7) is 4.30. The molecule has 0 aliphatic carbocycles. The van der Waals surface area contributed by atoms with Gasteiger partial charge >= 0.3 is 0 Å². The summed E-state index contributed by atoms with van der Waals surface area (Å²) < 4.78 is 20.6. The van der Waals surface area contributed by atoms with E-state index in [1.165, 1.54) is 6.07 Å². The first-order valence-electron chi connectivity index (χ1n) is 9.17. The molecule has 0 saturated carbocycles. The molecule has 0 amide bonds. The number of methoxy groups -OCH3 is 1. The second kappa shape index (κ2) is 11.7. The Labute approximate surface area is 170 Å². The molecule has 0 aliphatic heterocycles. The van der Waals surface area contributed by atoms with E-state index in [9.17, 15) is 4.39 Å². The van der Waals surface area contributed by atoms with Gasteiger partial charge in [-0.05, 0) is 42.9 Å². The van der Waals surface area contributed by atoms with Gasteiger partial charge in [0.2, 0.25) is 0 Å². The number of aromatic nitrogens is 3. The zero-order chi connectivity index (χ0) is 20.4. The Hall–Kier alpha value is -2.13. The number of hydrogen-bond donors (Lipinski definition) is 2. The van der Waals surface area contributed by atoms with E-state index < -0.39 is 0 Å². The van der Waals surface area contributed by atoms with Crippen LogP contribution in [0.15, 0.2) is 23.2 Å². The SMILES string of the molecule is COCCCNC(=NCc1ccc(F)cc1CSC)NCc1nnc(C)n1C. The summed E-state index contributed by atoms with van der Waals surface area (Å²) in [6, 6.07) is 4.87. The highest BCUT2D eigenvalue weighted by Crippen LogP contribution is 2.17. The molecular formula is C19H29FN6OS. The molecule has 1 aromatic heterocycles. The number of nitrogens with one attached hydrogen (secondary N) is 2. The summed E-state index contributed by atoms with van der Waals surface area (Å²) in [5, 5.41) is 14.8. The van der Waals surface area contributed by atoms with Crippen molar-refractivity contribution in [1.82, 2.24) is 25.4 Å². The predicted molar refractivity (Wildman–Crippen MR) is 112 cm³/mol. The number of hydrogen-bond acceptors (Lipinski definition) is 5. The maximum absolute atomic E-state index is 13.6. The van der Waals surface area contributed by atoms with E-state index in [1.807, 2.05) is 24.8 Å². The van der Waals surface area contributed by atoms with Crippen molar-refractivity contribution in [1.29, 1.82) is 0 Å². The Morgan fingerprint density at radius 3 is 2.79 bits per heavy atom.